The van der Waals surface area contributed by atoms with E-state index in [1.54, 1.807) is 7.11 Å². The van der Waals surface area contributed by atoms with Crippen LogP contribution in [0.4, 0.5) is 5.69 Å². The molecule has 1 aliphatic heterocycles. The zero-order valence-corrected chi connectivity index (χ0v) is 15.7. The maximum Gasteiger partial charge on any atom is 0.244 e. The number of hydrogen-bond donors (Lipinski definition) is 0. The Morgan fingerprint density at radius 3 is 2.52 bits per heavy atom. The lowest BCUT2D eigenvalue weighted by Gasteiger charge is -2.38. The predicted molar refractivity (Wildman–Crippen MR) is 105 cm³/mol. The van der Waals surface area contributed by atoms with Crippen LogP contribution in [0.1, 0.15) is 18.9 Å². The van der Waals surface area contributed by atoms with Crippen LogP contribution in [0.5, 0.6) is 5.75 Å². The summed E-state index contributed by atoms with van der Waals surface area (Å²) in [6, 6.07) is 18.2. The van der Waals surface area contributed by atoms with Crippen molar-refractivity contribution in [2.24, 2.45) is 0 Å². The highest BCUT2D eigenvalue weighted by Gasteiger charge is 2.26. The third-order valence-electron chi connectivity index (χ3n) is 5.11. The maximum atomic E-state index is 5.54. The van der Waals surface area contributed by atoms with E-state index < -0.39 is 0 Å². The van der Waals surface area contributed by atoms with Gasteiger partial charge in [0.2, 0.25) is 11.7 Å². The zero-order valence-electron chi connectivity index (χ0n) is 15.7. The highest BCUT2D eigenvalue weighted by molar-refractivity contribution is 5.53. The molecule has 1 aliphatic rings. The number of methoxy groups -OCH3 is 1. The summed E-state index contributed by atoms with van der Waals surface area (Å²) >= 11 is 0. The normalized spacial score (nSPS) is 16.3. The van der Waals surface area contributed by atoms with E-state index in [1.165, 1.54) is 5.69 Å². The van der Waals surface area contributed by atoms with Crippen LogP contribution >= 0.6 is 0 Å². The van der Waals surface area contributed by atoms with Crippen LogP contribution in [-0.4, -0.2) is 48.3 Å². The SMILES string of the molecule is COc1cccc(N2CCN(C(C)c3nc(-c4ccccc4)no3)CC2)c1. The van der Waals surface area contributed by atoms with E-state index in [4.69, 9.17) is 9.26 Å². The van der Waals surface area contributed by atoms with Crippen LogP contribution in [0.15, 0.2) is 59.1 Å². The summed E-state index contributed by atoms with van der Waals surface area (Å²) in [6.45, 7) is 5.93. The molecule has 0 saturated carbocycles. The highest BCUT2D eigenvalue weighted by atomic mass is 16.5. The summed E-state index contributed by atoms with van der Waals surface area (Å²) < 4.78 is 10.9. The molecule has 2 heterocycles. The molecule has 1 fully saturated rings. The molecule has 140 valence electrons. The fraction of sp³-hybridized carbons (Fsp3) is 0.333. The van der Waals surface area contributed by atoms with Gasteiger partial charge >= 0.3 is 0 Å². The van der Waals surface area contributed by atoms with E-state index in [2.05, 4.69) is 39.0 Å². The van der Waals surface area contributed by atoms with E-state index in [9.17, 15) is 0 Å². The molecule has 1 atom stereocenters. The molecular weight excluding hydrogens is 340 g/mol. The zero-order chi connectivity index (χ0) is 18.6. The number of rotatable bonds is 5. The molecule has 6 nitrogen and oxygen atoms in total. The van der Waals surface area contributed by atoms with Crippen LogP contribution in [0, 0.1) is 0 Å². The van der Waals surface area contributed by atoms with Crippen LogP contribution in [0.3, 0.4) is 0 Å². The van der Waals surface area contributed by atoms with Crippen LogP contribution < -0.4 is 9.64 Å². The second-order valence-corrected chi connectivity index (χ2v) is 6.72. The minimum Gasteiger partial charge on any atom is -0.497 e. The predicted octanol–water partition coefficient (Wildman–Crippen LogP) is 3.63. The lowest BCUT2D eigenvalue weighted by Crippen LogP contribution is -2.47. The molecule has 1 unspecified atom stereocenters. The van der Waals surface area contributed by atoms with Crippen LogP contribution in [-0.2, 0) is 0 Å². The fourth-order valence-corrected chi connectivity index (χ4v) is 3.44. The summed E-state index contributed by atoms with van der Waals surface area (Å²) in [5, 5.41) is 4.15. The van der Waals surface area contributed by atoms with Gasteiger partial charge in [0.25, 0.3) is 0 Å². The van der Waals surface area contributed by atoms with Gasteiger partial charge in [-0.2, -0.15) is 4.98 Å². The number of anilines is 1. The molecule has 0 aliphatic carbocycles. The minimum absolute atomic E-state index is 0.0995. The number of nitrogens with zero attached hydrogens (tertiary/aromatic N) is 4. The van der Waals surface area contributed by atoms with Gasteiger partial charge < -0.3 is 14.2 Å². The lowest BCUT2D eigenvalue weighted by atomic mass is 10.2. The Labute approximate surface area is 159 Å². The molecule has 0 spiro atoms. The second-order valence-electron chi connectivity index (χ2n) is 6.72. The van der Waals surface area contributed by atoms with Crippen molar-refractivity contribution in [3.05, 3.63) is 60.5 Å². The van der Waals surface area contributed by atoms with Gasteiger partial charge in [0.1, 0.15) is 5.75 Å². The first-order valence-corrected chi connectivity index (χ1v) is 9.26. The molecule has 1 saturated heterocycles. The Morgan fingerprint density at radius 2 is 1.78 bits per heavy atom. The third kappa shape index (κ3) is 3.80. The molecule has 27 heavy (non-hydrogen) atoms. The maximum absolute atomic E-state index is 5.54. The van der Waals surface area contributed by atoms with E-state index in [-0.39, 0.29) is 6.04 Å². The van der Waals surface area contributed by atoms with Gasteiger partial charge in [-0.3, -0.25) is 4.90 Å². The van der Waals surface area contributed by atoms with Gasteiger partial charge in [-0.1, -0.05) is 41.6 Å². The molecule has 0 radical (unpaired) electrons. The topological polar surface area (TPSA) is 54.6 Å². The molecule has 0 N–H and O–H groups in total. The summed E-state index contributed by atoms with van der Waals surface area (Å²) in [5.74, 6) is 2.21. The summed E-state index contributed by atoms with van der Waals surface area (Å²) in [6.07, 6.45) is 0. The number of ether oxygens (including phenoxy) is 1. The van der Waals surface area contributed by atoms with Gasteiger partial charge in [-0.05, 0) is 19.1 Å². The van der Waals surface area contributed by atoms with Crippen molar-refractivity contribution >= 4 is 5.69 Å². The van der Waals surface area contributed by atoms with Crippen molar-refractivity contribution in [2.45, 2.75) is 13.0 Å². The third-order valence-corrected chi connectivity index (χ3v) is 5.11. The quantitative estimate of drug-likeness (QED) is 0.689. The molecule has 0 bridgehead atoms. The van der Waals surface area contributed by atoms with Crippen molar-refractivity contribution in [1.29, 1.82) is 0 Å². The lowest BCUT2D eigenvalue weighted by molar-refractivity contribution is 0.164. The largest absolute Gasteiger partial charge is 0.497 e. The number of piperazine rings is 1. The molecule has 3 aromatic rings. The highest BCUT2D eigenvalue weighted by Crippen LogP contribution is 2.26. The van der Waals surface area contributed by atoms with Crippen LogP contribution in [0.2, 0.25) is 0 Å². The average molecular weight is 364 g/mol. The van der Waals surface area contributed by atoms with Crippen molar-refractivity contribution < 1.29 is 9.26 Å². The number of aromatic nitrogens is 2. The van der Waals surface area contributed by atoms with Gasteiger partial charge in [0, 0.05) is 43.5 Å². The van der Waals surface area contributed by atoms with Gasteiger partial charge in [0.05, 0.1) is 13.2 Å². The smallest absolute Gasteiger partial charge is 0.244 e. The first-order chi connectivity index (χ1) is 13.2. The molecule has 6 heteroatoms. The Kier molecular flexibility index (Phi) is 5.07. The first-order valence-electron chi connectivity index (χ1n) is 9.26. The standard InChI is InChI=1S/C21H24N4O2/c1-16(21-22-20(23-27-21)17-7-4-3-5-8-17)24-11-13-25(14-12-24)18-9-6-10-19(15-18)26-2/h3-10,15-16H,11-14H2,1-2H3. The van der Waals surface area contributed by atoms with Gasteiger partial charge in [-0.25, -0.2) is 0 Å². The number of benzene rings is 2. The monoisotopic (exact) mass is 364 g/mol. The van der Waals surface area contributed by atoms with E-state index >= 15 is 0 Å². The Balaban J connectivity index is 1.40. The molecule has 1 aromatic heterocycles. The van der Waals surface area contributed by atoms with Crippen molar-refractivity contribution in [3.63, 3.8) is 0 Å². The van der Waals surface area contributed by atoms with E-state index in [0.29, 0.717) is 11.7 Å². The van der Waals surface area contributed by atoms with Crippen molar-refractivity contribution in [3.8, 4) is 17.1 Å². The average Bonchev–Trinajstić information content (AvgIpc) is 3.24. The summed E-state index contributed by atoms with van der Waals surface area (Å²) in [4.78, 5) is 9.38. The number of hydrogen-bond acceptors (Lipinski definition) is 6. The first kappa shape index (κ1) is 17.5. The Morgan fingerprint density at radius 1 is 1.00 bits per heavy atom. The van der Waals surface area contributed by atoms with Crippen molar-refractivity contribution in [2.75, 3.05) is 38.2 Å². The fourth-order valence-electron chi connectivity index (χ4n) is 3.44. The van der Waals surface area contributed by atoms with E-state index in [1.807, 2.05) is 42.5 Å². The van der Waals surface area contributed by atoms with E-state index in [0.717, 1.165) is 37.5 Å². The van der Waals surface area contributed by atoms with Crippen molar-refractivity contribution in [1.82, 2.24) is 15.0 Å². The minimum atomic E-state index is 0.0995. The second kappa shape index (κ2) is 7.80. The van der Waals surface area contributed by atoms with Gasteiger partial charge in [0.15, 0.2) is 0 Å². The Hall–Kier alpha value is -2.86. The van der Waals surface area contributed by atoms with Crippen LogP contribution in [0.25, 0.3) is 11.4 Å². The summed E-state index contributed by atoms with van der Waals surface area (Å²) in [7, 11) is 1.70. The molecule has 2 aromatic carbocycles. The molecule has 0 amide bonds. The summed E-state index contributed by atoms with van der Waals surface area (Å²) in [5.41, 5.74) is 2.17. The van der Waals surface area contributed by atoms with Gasteiger partial charge in [-0.15, -0.1) is 0 Å². The molecular formula is C21H24N4O2. The molecule has 4 rings (SSSR count). The Bertz CT molecular complexity index is 873.